The van der Waals surface area contributed by atoms with Crippen molar-refractivity contribution in [1.82, 2.24) is 15.0 Å². The summed E-state index contributed by atoms with van der Waals surface area (Å²) in [7, 11) is 0. The van der Waals surface area contributed by atoms with Gasteiger partial charge in [-0.3, -0.25) is 0 Å². The van der Waals surface area contributed by atoms with Gasteiger partial charge in [-0.15, -0.1) is 0 Å². The van der Waals surface area contributed by atoms with E-state index in [1.807, 2.05) is 72.8 Å². The molecule has 0 amide bonds. The van der Waals surface area contributed by atoms with Gasteiger partial charge in [0.1, 0.15) is 0 Å². The number of nitrogens with zero attached hydrogens (tertiary/aromatic N) is 3. The minimum Gasteiger partial charge on any atom is -0.449 e. The number of rotatable bonds is 3. The van der Waals surface area contributed by atoms with Gasteiger partial charge in [-0.25, -0.2) is 15.0 Å². The summed E-state index contributed by atoms with van der Waals surface area (Å²) >= 11 is 0. The van der Waals surface area contributed by atoms with Gasteiger partial charge in [0, 0.05) is 27.7 Å². The molecule has 0 spiro atoms. The third kappa shape index (κ3) is 3.97. The maximum atomic E-state index is 6.72. The van der Waals surface area contributed by atoms with E-state index in [9.17, 15) is 0 Å². The Morgan fingerprint density at radius 2 is 1.18 bits per heavy atom. The molecule has 0 fully saturated rings. The molecule has 0 saturated carbocycles. The Kier molecular flexibility index (Phi) is 5.47. The van der Waals surface area contributed by atoms with Crippen molar-refractivity contribution in [3.63, 3.8) is 0 Å². The minimum atomic E-state index is -0.136. The lowest BCUT2D eigenvalue weighted by atomic mass is 9.82. The van der Waals surface area contributed by atoms with Crippen molar-refractivity contribution in [3.8, 4) is 68.3 Å². The Labute approximate surface area is 260 Å². The largest absolute Gasteiger partial charge is 0.449 e. The second-order valence-corrected chi connectivity index (χ2v) is 12.1. The van der Waals surface area contributed by atoms with Gasteiger partial charge >= 0.3 is 0 Å². The predicted octanol–water partition coefficient (Wildman–Crippen LogP) is 10.2. The van der Waals surface area contributed by atoms with E-state index in [2.05, 4.69) is 68.4 Å². The molecule has 6 aromatic carbocycles. The molecule has 214 valence electrons. The van der Waals surface area contributed by atoms with Crippen LogP contribution >= 0.6 is 0 Å². The van der Waals surface area contributed by atoms with Crippen LogP contribution in [-0.4, -0.2) is 15.0 Å². The van der Waals surface area contributed by atoms with Crippen molar-refractivity contribution in [2.45, 2.75) is 19.3 Å². The van der Waals surface area contributed by atoms with Crippen LogP contribution in [0.25, 0.3) is 56.1 Å². The molecule has 45 heavy (non-hydrogen) atoms. The lowest BCUT2D eigenvalue weighted by molar-refractivity contribution is 0.360. The highest BCUT2D eigenvalue weighted by atomic mass is 16.6. The van der Waals surface area contributed by atoms with Crippen molar-refractivity contribution >= 4 is 10.8 Å². The van der Waals surface area contributed by atoms with Gasteiger partial charge in [0.05, 0.1) is 0 Å². The van der Waals surface area contributed by atoms with Gasteiger partial charge in [-0.1, -0.05) is 117 Å². The van der Waals surface area contributed by atoms with Gasteiger partial charge in [0.25, 0.3) is 0 Å². The molecule has 9 rings (SSSR count). The summed E-state index contributed by atoms with van der Waals surface area (Å²) in [4.78, 5) is 15.0. The van der Waals surface area contributed by atoms with Gasteiger partial charge in [-0.2, -0.15) is 0 Å². The molecule has 0 atom stereocenters. The van der Waals surface area contributed by atoms with E-state index in [0.29, 0.717) is 34.7 Å². The molecular weight excluding hydrogens is 554 g/mol. The third-order valence-electron chi connectivity index (χ3n) is 9.00. The van der Waals surface area contributed by atoms with Gasteiger partial charge in [0.15, 0.2) is 40.5 Å². The van der Waals surface area contributed by atoms with Crippen LogP contribution < -0.4 is 9.47 Å². The van der Waals surface area contributed by atoms with Gasteiger partial charge in [0.2, 0.25) is 0 Å². The summed E-state index contributed by atoms with van der Waals surface area (Å²) in [6.07, 6.45) is 0. The smallest absolute Gasteiger partial charge is 0.178 e. The first kappa shape index (κ1) is 25.7. The average molecular weight is 582 g/mol. The molecule has 5 nitrogen and oxygen atoms in total. The lowest BCUT2D eigenvalue weighted by Gasteiger charge is -2.25. The van der Waals surface area contributed by atoms with Crippen molar-refractivity contribution in [3.05, 3.63) is 139 Å². The molecule has 7 aromatic rings. The number of fused-ring (bicyclic) bond motifs is 7. The number of ether oxygens (including phenoxy) is 2. The summed E-state index contributed by atoms with van der Waals surface area (Å²) in [5.41, 5.74) is 7.35. The normalized spacial score (nSPS) is 13.6. The van der Waals surface area contributed by atoms with Crippen molar-refractivity contribution in [2.24, 2.45) is 0 Å². The van der Waals surface area contributed by atoms with E-state index in [0.717, 1.165) is 38.8 Å². The predicted molar refractivity (Wildman–Crippen MR) is 178 cm³/mol. The van der Waals surface area contributed by atoms with E-state index in [-0.39, 0.29) is 5.41 Å². The fourth-order valence-corrected chi connectivity index (χ4v) is 6.73. The Bertz CT molecular complexity index is 2310. The third-order valence-corrected chi connectivity index (χ3v) is 9.00. The van der Waals surface area contributed by atoms with Crippen LogP contribution in [0.2, 0.25) is 0 Å². The highest BCUT2D eigenvalue weighted by Crippen LogP contribution is 2.58. The van der Waals surface area contributed by atoms with E-state index < -0.39 is 0 Å². The van der Waals surface area contributed by atoms with Crippen LogP contribution in [0.3, 0.4) is 0 Å². The number of aromatic nitrogens is 3. The molecule has 0 bridgehead atoms. The lowest BCUT2D eigenvalue weighted by Crippen LogP contribution is -2.15. The Morgan fingerprint density at radius 3 is 2.07 bits per heavy atom. The first-order valence-electron chi connectivity index (χ1n) is 15.1. The Balaban J connectivity index is 1.19. The molecule has 1 aromatic heterocycles. The van der Waals surface area contributed by atoms with Crippen LogP contribution in [0.4, 0.5) is 0 Å². The first-order chi connectivity index (χ1) is 22.0. The number of hydrogen-bond acceptors (Lipinski definition) is 5. The second kappa shape index (κ2) is 9.60. The summed E-state index contributed by atoms with van der Waals surface area (Å²) in [6, 6.07) is 43.2. The molecule has 0 N–H and O–H groups in total. The number of benzene rings is 6. The minimum absolute atomic E-state index is 0.136. The second-order valence-electron chi connectivity index (χ2n) is 12.1. The summed E-state index contributed by atoms with van der Waals surface area (Å²) < 4.78 is 13.2. The average Bonchev–Trinajstić information content (AvgIpc) is 3.33. The summed E-state index contributed by atoms with van der Waals surface area (Å²) in [5, 5.41) is 2.22. The fourth-order valence-electron chi connectivity index (χ4n) is 6.73. The standard InChI is InChI=1S/C40H27N3O2/c1-40(2)30-18-9-8-16-29(30)35-31(40)20-22-33-36(35)45-34-23-26(19-21-32(34)44-33)38-41-37(25-12-4-3-5-13-25)42-39(43-38)28-17-10-14-24-11-6-7-15-27(24)28/h3-23H,1-2H3. The zero-order valence-electron chi connectivity index (χ0n) is 24.8. The molecule has 5 heteroatoms. The first-order valence-corrected chi connectivity index (χ1v) is 15.1. The highest BCUT2D eigenvalue weighted by molar-refractivity contribution is 5.95. The number of hydrogen-bond donors (Lipinski definition) is 0. The maximum absolute atomic E-state index is 6.72. The molecule has 0 saturated heterocycles. The topological polar surface area (TPSA) is 57.1 Å². The maximum Gasteiger partial charge on any atom is 0.178 e. The quantitative estimate of drug-likeness (QED) is 0.208. The van der Waals surface area contributed by atoms with Crippen molar-refractivity contribution in [2.75, 3.05) is 0 Å². The van der Waals surface area contributed by atoms with Gasteiger partial charge < -0.3 is 9.47 Å². The monoisotopic (exact) mass is 581 g/mol. The zero-order valence-corrected chi connectivity index (χ0v) is 24.8. The van der Waals surface area contributed by atoms with E-state index in [1.165, 1.54) is 16.7 Å². The molecule has 0 unspecified atom stereocenters. The summed E-state index contributed by atoms with van der Waals surface area (Å²) in [6.45, 7) is 4.52. The molecule has 2 heterocycles. The van der Waals surface area contributed by atoms with Crippen molar-refractivity contribution in [1.29, 1.82) is 0 Å². The van der Waals surface area contributed by atoms with Crippen molar-refractivity contribution < 1.29 is 9.47 Å². The molecule has 1 aliphatic heterocycles. The van der Waals surface area contributed by atoms with Crippen LogP contribution in [0.1, 0.15) is 25.0 Å². The van der Waals surface area contributed by atoms with Crippen LogP contribution in [0.15, 0.2) is 127 Å². The van der Waals surface area contributed by atoms with Crippen LogP contribution in [0, 0.1) is 0 Å². The SMILES string of the molecule is CC1(C)c2ccccc2-c2c1ccc1c2Oc2cc(-c3nc(-c4ccccc4)nc(-c4cccc5ccccc45)n3)ccc2O1. The Morgan fingerprint density at radius 1 is 0.489 bits per heavy atom. The van der Waals surface area contributed by atoms with E-state index >= 15 is 0 Å². The molecule has 2 aliphatic rings. The molecular formula is C40H27N3O2. The van der Waals surface area contributed by atoms with Gasteiger partial charge in [-0.05, 0) is 51.7 Å². The Hall–Kier alpha value is -5.81. The highest BCUT2D eigenvalue weighted by Gasteiger charge is 2.39. The van der Waals surface area contributed by atoms with Crippen LogP contribution in [0.5, 0.6) is 23.0 Å². The van der Waals surface area contributed by atoms with E-state index in [1.54, 1.807) is 0 Å². The summed E-state index contributed by atoms with van der Waals surface area (Å²) in [5.74, 6) is 4.53. The fraction of sp³-hybridized carbons (Fsp3) is 0.0750. The van der Waals surface area contributed by atoms with E-state index in [4.69, 9.17) is 24.4 Å². The zero-order chi connectivity index (χ0) is 30.1. The van der Waals surface area contributed by atoms with Crippen LogP contribution in [-0.2, 0) is 5.41 Å². The molecule has 0 radical (unpaired) electrons. The molecule has 1 aliphatic carbocycles.